The maximum atomic E-state index is 5.45. The Hall–Kier alpha value is -0.120. The van der Waals surface area contributed by atoms with Crippen molar-refractivity contribution in [2.45, 2.75) is 39.7 Å². The minimum Gasteiger partial charge on any atom is -0.385 e. The summed E-state index contributed by atoms with van der Waals surface area (Å²) in [5.41, 5.74) is 3.07. The Bertz CT molecular complexity index is 110. The molecule has 0 aliphatic rings. The Morgan fingerprint density at radius 2 is 2.00 bits per heavy atom. The average molecular weight is 174 g/mol. The first kappa shape index (κ1) is 11.9. The third-order valence-electron chi connectivity index (χ3n) is 2.09. The Morgan fingerprint density at radius 1 is 1.42 bits per heavy atom. The van der Waals surface area contributed by atoms with E-state index in [0.29, 0.717) is 6.04 Å². The molecule has 3 heteroatoms. The summed E-state index contributed by atoms with van der Waals surface area (Å²) in [7, 11) is 1.72. The molecule has 0 fully saturated rings. The lowest BCUT2D eigenvalue weighted by Gasteiger charge is -2.29. The number of rotatable bonds is 5. The summed E-state index contributed by atoms with van der Waals surface area (Å²) in [4.78, 5) is 0. The first-order chi connectivity index (χ1) is 5.52. The molecule has 0 spiro atoms. The van der Waals surface area contributed by atoms with Gasteiger partial charge in [0.05, 0.1) is 0 Å². The maximum Gasteiger partial charge on any atom is 0.0462 e. The van der Waals surface area contributed by atoms with Crippen molar-refractivity contribution < 1.29 is 4.74 Å². The largest absolute Gasteiger partial charge is 0.385 e. The number of ether oxygens (including phenoxy) is 1. The fourth-order valence-corrected chi connectivity index (χ4v) is 1.20. The number of methoxy groups -OCH3 is 1. The Kier molecular flexibility index (Phi) is 5.46. The van der Waals surface area contributed by atoms with Gasteiger partial charge < -0.3 is 4.74 Å². The predicted molar refractivity (Wildman–Crippen MR) is 51.7 cm³/mol. The van der Waals surface area contributed by atoms with Crippen LogP contribution in [0.4, 0.5) is 0 Å². The van der Waals surface area contributed by atoms with Crippen molar-refractivity contribution in [3.8, 4) is 0 Å². The van der Waals surface area contributed by atoms with Crippen molar-refractivity contribution >= 4 is 0 Å². The molecular weight excluding hydrogens is 152 g/mol. The van der Waals surface area contributed by atoms with Crippen LogP contribution >= 0.6 is 0 Å². The average Bonchev–Trinajstić information content (AvgIpc) is 1.95. The number of hydrogen-bond acceptors (Lipinski definition) is 3. The van der Waals surface area contributed by atoms with E-state index in [1.54, 1.807) is 7.11 Å². The highest BCUT2D eigenvalue weighted by molar-refractivity contribution is 4.78. The van der Waals surface area contributed by atoms with Crippen LogP contribution in [0, 0.1) is 5.41 Å². The van der Waals surface area contributed by atoms with Crippen molar-refractivity contribution in [2.75, 3.05) is 13.7 Å². The highest BCUT2D eigenvalue weighted by Crippen LogP contribution is 2.21. The smallest absolute Gasteiger partial charge is 0.0462 e. The zero-order valence-corrected chi connectivity index (χ0v) is 8.68. The highest BCUT2D eigenvalue weighted by atomic mass is 16.5. The van der Waals surface area contributed by atoms with Crippen molar-refractivity contribution in [2.24, 2.45) is 11.3 Å². The highest BCUT2D eigenvalue weighted by Gasteiger charge is 2.22. The van der Waals surface area contributed by atoms with Gasteiger partial charge in [-0.2, -0.15) is 0 Å². The summed E-state index contributed by atoms with van der Waals surface area (Å²) < 4.78 is 4.98. The van der Waals surface area contributed by atoms with E-state index in [9.17, 15) is 0 Å². The van der Waals surface area contributed by atoms with Crippen LogP contribution in [0.5, 0.6) is 0 Å². The molecule has 1 atom stereocenters. The van der Waals surface area contributed by atoms with Crippen LogP contribution in [0.2, 0.25) is 0 Å². The van der Waals surface area contributed by atoms with Crippen LogP contribution < -0.4 is 11.3 Å². The Morgan fingerprint density at radius 3 is 2.33 bits per heavy atom. The molecular formula is C9H22N2O. The van der Waals surface area contributed by atoms with Gasteiger partial charge in [-0.05, 0) is 18.3 Å². The lowest BCUT2D eigenvalue weighted by atomic mass is 9.84. The van der Waals surface area contributed by atoms with Crippen LogP contribution in [0.1, 0.15) is 33.6 Å². The van der Waals surface area contributed by atoms with Crippen molar-refractivity contribution in [1.29, 1.82) is 0 Å². The molecule has 0 heterocycles. The molecule has 0 amide bonds. The molecule has 0 aliphatic carbocycles. The zero-order chi connectivity index (χ0) is 9.61. The molecule has 0 aromatic carbocycles. The van der Waals surface area contributed by atoms with Gasteiger partial charge in [0.25, 0.3) is 0 Å². The Labute approximate surface area is 75.6 Å². The van der Waals surface area contributed by atoms with Gasteiger partial charge in [-0.3, -0.25) is 11.3 Å². The molecule has 0 saturated carbocycles. The maximum absolute atomic E-state index is 5.45. The number of nitrogens with one attached hydrogen (secondary N) is 1. The van der Waals surface area contributed by atoms with Gasteiger partial charge >= 0.3 is 0 Å². The van der Waals surface area contributed by atoms with Crippen molar-refractivity contribution in [3.05, 3.63) is 0 Å². The fourth-order valence-electron chi connectivity index (χ4n) is 1.20. The first-order valence-electron chi connectivity index (χ1n) is 4.47. The molecule has 0 aromatic rings. The van der Waals surface area contributed by atoms with Gasteiger partial charge in [0.2, 0.25) is 0 Å². The van der Waals surface area contributed by atoms with Gasteiger partial charge in [0, 0.05) is 19.8 Å². The van der Waals surface area contributed by atoms with E-state index < -0.39 is 0 Å². The zero-order valence-electron chi connectivity index (χ0n) is 8.68. The van der Waals surface area contributed by atoms with E-state index in [1.165, 1.54) is 0 Å². The minimum absolute atomic E-state index is 0.225. The second-order valence-electron chi connectivity index (χ2n) is 4.22. The normalized spacial score (nSPS) is 14.8. The SMILES string of the molecule is COCCCC(NN)C(C)(C)C. The summed E-state index contributed by atoms with van der Waals surface area (Å²) in [6.45, 7) is 7.37. The van der Waals surface area contributed by atoms with Gasteiger partial charge in [-0.15, -0.1) is 0 Å². The van der Waals surface area contributed by atoms with Gasteiger partial charge in [0.15, 0.2) is 0 Å². The lowest BCUT2D eigenvalue weighted by molar-refractivity contribution is 0.174. The van der Waals surface area contributed by atoms with E-state index in [0.717, 1.165) is 19.4 Å². The van der Waals surface area contributed by atoms with Crippen molar-refractivity contribution in [1.82, 2.24) is 5.43 Å². The predicted octanol–water partition coefficient (Wildman–Crippen LogP) is 1.29. The van der Waals surface area contributed by atoms with E-state index in [1.807, 2.05) is 0 Å². The van der Waals surface area contributed by atoms with Gasteiger partial charge in [0.1, 0.15) is 0 Å². The fraction of sp³-hybridized carbons (Fsp3) is 1.00. The first-order valence-corrected chi connectivity index (χ1v) is 4.47. The van der Waals surface area contributed by atoms with Crippen molar-refractivity contribution in [3.63, 3.8) is 0 Å². The number of hydrogen-bond donors (Lipinski definition) is 2. The summed E-state index contributed by atoms with van der Waals surface area (Å²) >= 11 is 0. The van der Waals surface area contributed by atoms with Crippen LogP contribution in [-0.2, 0) is 4.74 Å². The Balaban J connectivity index is 3.68. The minimum atomic E-state index is 0.225. The lowest BCUT2D eigenvalue weighted by Crippen LogP contribution is -2.44. The molecule has 74 valence electrons. The molecule has 0 bridgehead atoms. The molecule has 0 aromatic heterocycles. The standard InChI is InChI=1S/C9H22N2O/c1-9(2,3)8(11-10)6-5-7-12-4/h8,11H,5-7,10H2,1-4H3. The summed E-state index contributed by atoms with van der Waals surface area (Å²) in [5, 5.41) is 0. The third-order valence-corrected chi connectivity index (χ3v) is 2.09. The quantitative estimate of drug-likeness (QED) is 0.375. The summed E-state index contributed by atoms with van der Waals surface area (Å²) in [6, 6.07) is 0.368. The number of hydrazine groups is 1. The van der Waals surface area contributed by atoms with Crippen LogP contribution in [-0.4, -0.2) is 19.8 Å². The van der Waals surface area contributed by atoms with E-state index in [4.69, 9.17) is 10.6 Å². The monoisotopic (exact) mass is 174 g/mol. The summed E-state index contributed by atoms with van der Waals surface area (Å²) in [6.07, 6.45) is 2.12. The topological polar surface area (TPSA) is 47.3 Å². The molecule has 0 aliphatic heterocycles. The molecule has 0 rings (SSSR count). The van der Waals surface area contributed by atoms with E-state index in [-0.39, 0.29) is 5.41 Å². The second-order valence-corrected chi connectivity index (χ2v) is 4.22. The molecule has 12 heavy (non-hydrogen) atoms. The third kappa shape index (κ3) is 4.70. The molecule has 3 N–H and O–H groups in total. The van der Waals surface area contributed by atoms with E-state index >= 15 is 0 Å². The summed E-state index contributed by atoms with van der Waals surface area (Å²) in [5.74, 6) is 5.45. The second kappa shape index (κ2) is 5.51. The molecule has 0 radical (unpaired) electrons. The van der Waals surface area contributed by atoms with E-state index in [2.05, 4.69) is 26.2 Å². The molecule has 0 saturated heterocycles. The van der Waals surface area contributed by atoms with Crippen LogP contribution in [0.25, 0.3) is 0 Å². The number of nitrogens with two attached hydrogens (primary N) is 1. The molecule has 1 unspecified atom stereocenters. The van der Waals surface area contributed by atoms with Crippen LogP contribution in [0.15, 0.2) is 0 Å². The van der Waals surface area contributed by atoms with Crippen LogP contribution in [0.3, 0.4) is 0 Å². The van der Waals surface area contributed by atoms with Gasteiger partial charge in [-0.1, -0.05) is 20.8 Å². The van der Waals surface area contributed by atoms with Gasteiger partial charge in [-0.25, -0.2) is 0 Å². The molecule has 3 nitrogen and oxygen atoms in total.